The van der Waals surface area contributed by atoms with Crippen LogP contribution in [0, 0.1) is 0 Å². The third kappa shape index (κ3) is 4.10. The zero-order valence-electron chi connectivity index (χ0n) is 15.3. The first-order chi connectivity index (χ1) is 13.8. The lowest BCUT2D eigenvalue weighted by molar-refractivity contribution is 0.0953. The van der Waals surface area contributed by atoms with Gasteiger partial charge in [-0.25, -0.2) is 0 Å². The predicted octanol–water partition coefficient (Wildman–Crippen LogP) is 4.41. The molecule has 1 heterocycles. The lowest BCUT2D eigenvalue weighted by Crippen LogP contribution is -2.38. The number of hydrazine groups is 1. The lowest BCUT2D eigenvalue weighted by Gasteiger charge is -2.25. The maximum absolute atomic E-state index is 12.9. The van der Waals surface area contributed by atoms with E-state index in [9.17, 15) is 4.79 Å². The first kappa shape index (κ1) is 17.5. The number of hydrogen-bond donors (Lipinski definition) is 1. The second-order valence-corrected chi connectivity index (χ2v) is 6.35. The molecule has 0 radical (unpaired) electrons. The quantitative estimate of drug-likeness (QED) is 0.513. The van der Waals surface area contributed by atoms with E-state index in [1.807, 2.05) is 102 Å². The molecule has 0 saturated carbocycles. The molecule has 0 aliphatic carbocycles. The van der Waals surface area contributed by atoms with Crippen LogP contribution in [-0.2, 0) is 6.54 Å². The average Bonchev–Trinajstić information content (AvgIpc) is 3.27. The zero-order valence-corrected chi connectivity index (χ0v) is 15.3. The maximum atomic E-state index is 12.9. The number of carbonyl (C=O) groups excluding carboxylic acids is 1. The molecule has 1 aromatic heterocycles. The van der Waals surface area contributed by atoms with Crippen LogP contribution in [0.4, 0.5) is 11.4 Å². The van der Waals surface area contributed by atoms with Crippen molar-refractivity contribution in [3.05, 3.63) is 115 Å². The third-order valence-corrected chi connectivity index (χ3v) is 4.36. The van der Waals surface area contributed by atoms with Crippen LogP contribution in [0.15, 0.2) is 103 Å². The minimum atomic E-state index is -0.168. The summed E-state index contributed by atoms with van der Waals surface area (Å²) in [5.41, 5.74) is 6.47. The standard InChI is InChI=1S/C23H20N4O/c28-23(20-14-12-19(13-15-20)18-26-17-7-16-24-26)25-27(21-8-3-1-4-9-21)22-10-5-2-6-11-22/h1-17H,18H2,(H,25,28). The van der Waals surface area contributed by atoms with E-state index in [1.165, 1.54) is 0 Å². The number of para-hydroxylation sites is 2. The molecule has 0 aliphatic heterocycles. The zero-order chi connectivity index (χ0) is 19.2. The van der Waals surface area contributed by atoms with Crippen LogP contribution < -0.4 is 10.4 Å². The Morgan fingerprint density at radius 3 is 1.96 bits per heavy atom. The highest BCUT2D eigenvalue weighted by atomic mass is 16.2. The topological polar surface area (TPSA) is 50.2 Å². The Hall–Kier alpha value is -3.86. The Morgan fingerprint density at radius 2 is 1.43 bits per heavy atom. The van der Waals surface area contributed by atoms with Crippen molar-refractivity contribution in [2.75, 3.05) is 5.01 Å². The van der Waals surface area contributed by atoms with E-state index in [2.05, 4.69) is 10.5 Å². The summed E-state index contributed by atoms with van der Waals surface area (Å²) in [5.74, 6) is -0.168. The van der Waals surface area contributed by atoms with E-state index in [0.717, 1.165) is 16.9 Å². The van der Waals surface area contributed by atoms with E-state index >= 15 is 0 Å². The molecule has 0 spiro atoms. The third-order valence-electron chi connectivity index (χ3n) is 4.36. The van der Waals surface area contributed by atoms with Crippen LogP contribution in [0.1, 0.15) is 15.9 Å². The van der Waals surface area contributed by atoms with Gasteiger partial charge in [-0.2, -0.15) is 5.10 Å². The second kappa shape index (κ2) is 8.22. The summed E-state index contributed by atoms with van der Waals surface area (Å²) in [5, 5.41) is 6.00. The van der Waals surface area contributed by atoms with Gasteiger partial charge in [0.15, 0.2) is 0 Å². The number of aromatic nitrogens is 2. The molecule has 0 fully saturated rings. The highest BCUT2D eigenvalue weighted by Crippen LogP contribution is 2.22. The van der Waals surface area contributed by atoms with Crippen molar-refractivity contribution in [1.82, 2.24) is 15.2 Å². The first-order valence-electron chi connectivity index (χ1n) is 9.07. The molecule has 28 heavy (non-hydrogen) atoms. The molecule has 0 bridgehead atoms. The van der Waals surface area contributed by atoms with Gasteiger partial charge >= 0.3 is 0 Å². The molecular weight excluding hydrogens is 348 g/mol. The second-order valence-electron chi connectivity index (χ2n) is 6.35. The van der Waals surface area contributed by atoms with Gasteiger partial charge < -0.3 is 0 Å². The Balaban J connectivity index is 1.53. The molecule has 1 amide bonds. The Bertz CT molecular complexity index is 974. The van der Waals surface area contributed by atoms with Gasteiger partial charge in [0.25, 0.3) is 5.91 Å². The fourth-order valence-corrected chi connectivity index (χ4v) is 2.94. The Labute approximate surface area is 163 Å². The number of nitrogens with one attached hydrogen (secondary N) is 1. The number of hydrogen-bond acceptors (Lipinski definition) is 3. The van der Waals surface area contributed by atoms with Crippen LogP contribution in [0.5, 0.6) is 0 Å². The fourth-order valence-electron chi connectivity index (χ4n) is 2.94. The summed E-state index contributed by atoms with van der Waals surface area (Å²) in [7, 11) is 0. The molecule has 1 N–H and O–H groups in total. The normalized spacial score (nSPS) is 10.4. The maximum Gasteiger partial charge on any atom is 0.270 e. The SMILES string of the molecule is O=C(NN(c1ccccc1)c1ccccc1)c1ccc(Cn2cccn2)cc1. The Kier molecular flexibility index (Phi) is 5.15. The number of carbonyl (C=O) groups is 1. The van der Waals surface area contributed by atoms with Gasteiger partial charge in [0.1, 0.15) is 0 Å². The van der Waals surface area contributed by atoms with Gasteiger partial charge in [-0.15, -0.1) is 0 Å². The predicted molar refractivity (Wildman–Crippen MR) is 110 cm³/mol. The van der Waals surface area contributed by atoms with Crippen LogP contribution in [0.3, 0.4) is 0 Å². The largest absolute Gasteiger partial charge is 0.270 e. The van der Waals surface area contributed by atoms with Gasteiger partial charge in [0.05, 0.1) is 17.9 Å². The van der Waals surface area contributed by atoms with Crippen molar-refractivity contribution in [1.29, 1.82) is 0 Å². The van der Waals surface area contributed by atoms with Crippen LogP contribution in [-0.4, -0.2) is 15.7 Å². The summed E-state index contributed by atoms with van der Waals surface area (Å²) in [6.07, 6.45) is 3.67. The van der Waals surface area contributed by atoms with Gasteiger partial charge in [0.2, 0.25) is 0 Å². The summed E-state index contributed by atoms with van der Waals surface area (Å²) < 4.78 is 1.85. The summed E-state index contributed by atoms with van der Waals surface area (Å²) in [4.78, 5) is 12.9. The van der Waals surface area contributed by atoms with E-state index in [1.54, 1.807) is 11.2 Å². The minimum absolute atomic E-state index is 0.168. The smallest absolute Gasteiger partial charge is 0.268 e. The van der Waals surface area contributed by atoms with E-state index in [4.69, 9.17) is 0 Å². The minimum Gasteiger partial charge on any atom is -0.268 e. The molecule has 0 saturated heterocycles. The van der Waals surface area contributed by atoms with Crippen molar-refractivity contribution in [2.24, 2.45) is 0 Å². The Morgan fingerprint density at radius 1 is 0.821 bits per heavy atom. The fraction of sp³-hybridized carbons (Fsp3) is 0.0435. The molecule has 0 aliphatic rings. The summed E-state index contributed by atoms with van der Waals surface area (Å²) in [6, 6.07) is 29.0. The van der Waals surface area contributed by atoms with E-state index in [-0.39, 0.29) is 5.91 Å². The van der Waals surface area contributed by atoms with Gasteiger partial charge in [-0.3, -0.25) is 19.9 Å². The van der Waals surface area contributed by atoms with Crippen molar-refractivity contribution in [3.8, 4) is 0 Å². The summed E-state index contributed by atoms with van der Waals surface area (Å²) >= 11 is 0. The molecule has 0 atom stereocenters. The number of benzene rings is 3. The number of nitrogens with zero attached hydrogens (tertiary/aromatic N) is 3. The number of rotatable bonds is 6. The monoisotopic (exact) mass is 368 g/mol. The van der Waals surface area contributed by atoms with Crippen LogP contribution in [0.25, 0.3) is 0 Å². The highest BCUT2D eigenvalue weighted by Gasteiger charge is 2.14. The molecule has 4 rings (SSSR count). The number of amides is 1. The molecule has 0 unspecified atom stereocenters. The van der Waals surface area contributed by atoms with Crippen LogP contribution >= 0.6 is 0 Å². The highest BCUT2D eigenvalue weighted by molar-refractivity contribution is 5.96. The van der Waals surface area contributed by atoms with Crippen molar-refractivity contribution < 1.29 is 4.79 Å². The van der Waals surface area contributed by atoms with Crippen molar-refractivity contribution >= 4 is 17.3 Å². The van der Waals surface area contributed by atoms with Gasteiger partial charge in [0, 0.05) is 18.0 Å². The molecule has 5 nitrogen and oxygen atoms in total. The average molecular weight is 368 g/mol. The summed E-state index contributed by atoms with van der Waals surface area (Å²) in [6.45, 7) is 0.676. The number of anilines is 2. The van der Waals surface area contributed by atoms with E-state index in [0.29, 0.717) is 12.1 Å². The van der Waals surface area contributed by atoms with Crippen LogP contribution in [0.2, 0.25) is 0 Å². The first-order valence-corrected chi connectivity index (χ1v) is 9.07. The molecule has 5 heteroatoms. The van der Waals surface area contributed by atoms with Gasteiger partial charge in [-0.1, -0.05) is 48.5 Å². The van der Waals surface area contributed by atoms with Crippen molar-refractivity contribution in [2.45, 2.75) is 6.54 Å². The van der Waals surface area contributed by atoms with Gasteiger partial charge in [-0.05, 0) is 48.0 Å². The molecule has 3 aromatic carbocycles. The molecule has 4 aromatic rings. The molecule has 138 valence electrons. The lowest BCUT2D eigenvalue weighted by atomic mass is 10.1. The van der Waals surface area contributed by atoms with E-state index < -0.39 is 0 Å². The molecular formula is C23H20N4O. The van der Waals surface area contributed by atoms with Crippen molar-refractivity contribution in [3.63, 3.8) is 0 Å².